The summed E-state index contributed by atoms with van der Waals surface area (Å²) in [4.78, 5) is 23.5. The van der Waals surface area contributed by atoms with Gasteiger partial charge in [-0.3, -0.25) is 14.5 Å². The molecular weight excluding hydrogens is 174 g/mol. The zero-order chi connectivity index (χ0) is 10.0. The van der Waals surface area contributed by atoms with Crippen molar-refractivity contribution in [3.63, 3.8) is 0 Å². The number of likely N-dealkylation sites (tertiary alicyclic amines) is 1. The molecule has 0 aromatic heterocycles. The minimum absolute atomic E-state index is 0.346. The zero-order valence-electron chi connectivity index (χ0n) is 7.69. The van der Waals surface area contributed by atoms with Crippen LogP contribution in [0.15, 0.2) is 0 Å². The highest BCUT2D eigenvalue weighted by Gasteiger charge is 2.38. The lowest BCUT2D eigenvalue weighted by molar-refractivity contribution is -0.145. The van der Waals surface area contributed by atoms with Gasteiger partial charge in [0, 0.05) is 6.54 Å². The van der Waals surface area contributed by atoms with Gasteiger partial charge in [-0.25, -0.2) is 0 Å². The van der Waals surface area contributed by atoms with Crippen molar-refractivity contribution in [1.29, 1.82) is 0 Å². The van der Waals surface area contributed by atoms with Gasteiger partial charge in [-0.1, -0.05) is 0 Å². The molecule has 5 nitrogen and oxygen atoms in total. The molecule has 1 aliphatic heterocycles. The van der Waals surface area contributed by atoms with E-state index in [1.165, 1.54) is 7.11 Å². The number of hydrogen-bond acceptors (Lipinski definition) is 4. The molecule has 0 spiro atoms. The second kappa shape index (κ2) is 3.74. The number of aliphatic carboxylic acids is 1. The lowest BCUT2D eigenvalue weighted by Gasteiger charge is -2.15. The van der Waals surface area contributed by atoms with E-state index in [0.717, 1.165) is 0 Å². The van der Waals surface area contributed by atoms with Gasteiger partial charge in [0.1, 0.15) is 6.04 Å². The molecular formula is C8H13NO4. The van der Waals surface area contributed by atoms with Crippen LogP contribution in [0.1, 0.15) is 6.42 Å². The highest BCUT2D eigenvalue weighted by atomic mass is 16.5. The Morgan fingerprint density at radius 3 is 2.54 bits per heavy atom. The van der Waals surface area contributed by atoms with Crippen molar-refractivity contribution >= 4 is 11.9 Å². The Bertz CT molecular complexity index is 228. The predicted molar refractivity (Wildman–Crippen MR) is 44.2 cm³/mol. The number of carboxylic acid groups (broad SMARTS) is 1. The number of carbonyl (C=O) groups excluding carboxylic acids is 1. The molecule has 1 heterocycles. The maximum atomic E-state index is 11.1. The first-order chi connectivity index (χ1) is 6.06. The van der Waals surface area contributed by atoms with Crippen LogP contribution in [0, 0.1) is 5.92 Å². The number of methoxy groups -OCH3 is 1. The molecule has 1 rings (SSSR count). The standard InChI is InChI=1S/C8H13NO4/c1-9-4-5(7(10)11)3-6(9)8(12)13-2/h5-6H,3-4H2,1-2H3,(H,10,11). The largest absolute Gasteiger partial charge is 0.481 e. The van der Waals surface area contributed by atoms with E-state index in [4.69, 9.17) is 5.11 Å². The molecule has 1 fully saturated rings. The third-order valence-corrected chi connectivity index (χ3v) is 2.37. The van der Waals surface area contributed by atoms with Gasteiger partial charge in [0.15, 0.2) is 0 Å². The fourth-order valence-corrected chi connectivity index (χ4v) is 1.59. The number of rotatable bonds is 2. The molecule has 0 amide bonds. The summed E-state index contributed by atoms with van der Waals surface area (Å²) in [5.41, 5.74) is 0. The van der Waals surface area contributed by atoms with Crippen LogP contribution in [0.4, 0.5) is 0 Å². The van der Waals surface area contributed by atoms with Crippen LogP contribution < -0.4 is 0 Å². The number of hydrogen-bond donors (Lipinski definition) is 1. The SMILES string of the molecule is COC(=O)C1CC(C(=O)O)CN1C. The first-order valence-electron chi connectivity index (χ1n) is 4.07. The Hall–Kier alpha value is -1.10. The van der Waals surface area contributed by atoms with Crippen molar-refractivity contribution in [3.05, 3.63) is 0 Å². The van der Waals surface area contributed by atoms with Gasteiger partial charge in [0.05, 0.1) is 13.0 Å². The molecule has 2 atom stereocenters. The number of ether oxygens (including phenoxy) is 1. The second-order valence-corrected chi connectivity index (χ2v) is 3.25. The Morgan fingerprint density at radius 1 is 1.54 bits per heavy atom. The molecule has 0 aromatic carbocycles. The second-order valence-electron chi connectivity index (χ2n) is 3.25. The summed E-state index contributed by atoms with van der Waals surface area (Å²) in [6.07, 6.45) is 0.346. The average molecular weight is 187 g/mol. The molecule has 0 aromatic rings. The van der Waals surface area contributed by atoms with Gasteiger partial charge in [-0.05, 0) is 13.5 Å². The van der Waals surface area contributed by atoms with Crippen molar-refractivity contribution in [3.8, 4) is 0 Å². The van der Waals surface area contributed by atoms with E-state index >= 15 is 0 Å². The lowest BCUT2D eigenvalue weighted by atomic mass is 10.1. The fourth-order valence-electron chi connectivity index (χ4n) is 1.59. The van der Waals surface area contributed by atoms with Crippen LogP contribution in [0.2, 0.25) is 0 Å². The summed E-state index contributed by atoms with van der Waals surface area (Å²) in [5.74, 6) is -1.65. The van der Waals surface area contributed by atoms with Gasteiger partial charge in [0.25, 0.3) is 0 Å². The highest BCUT2D eigenvalue weighted by molar-refractivity contribution is 5.79. The molecule has 1 aliphatic rings. The topological polar surface area (TPSA) is 66.8 Å². The summed E-state index contributed by atoms with van der Waals surface area (Å²) < 4.78 is 4.56. The van der Waals surface area contributed by atoms with Crippen LogP contribution in [-0.4, -0.2) is 48.7 Å². The fraction of sp³-hybridized carbons (Fsp3) is 0.750. The summed E-state index contributed by atoms with van der Waals surface area (Å²) in [7, 11) is 3.04. The minimum Gasteiger partial charge on any atom is -0.481 e. The lowest BCUT2D eigenvalue weighted by Crippen LogP contribution is -2.33. The molecule has 5 heteroatoms. The van der Waals surface area contributed by atoms with Crippen LogP contribution >= 0.6 is 0 Å². The van der Waals surface area contributed by atoms with Crippen molar-refractivity contribution < 1.29 is 19.4 Å². The van der Waals surface area contributed by atoms with Crippen LogP contribution in [0.5, 0.6) is 0 Å². The van der Waals surface area contributed by atoms with Crippen LogP contribution in [-0.2, 0) is 14.3 Å². The molecule has 1 N–H and O–H groups in total. The first-order valence-corrected chi connectivity index (χ1v) is 4.07. The minimum atomic E-state index is -0.849. The molecule has 13 heavy (non-hydrogen) atoms. The summed E-state index contributed by atoms with van der Waals surface area (Å²) in [6.45, 7) is 0.412. The van der Waals surface area contributed by atoms with E-state index < -0.39 is 17.9 Å². The molecule has 1 saturated heterocycles. The summed E-state index contributed by atoms with van der Waals surface area (Å²) in [5, 5.41) is 8.72. The van der Waals surface area contributed by atoms with Gasteiger partial charge in [-0.2, -0.15) is 0 Å². The molecule has 0 bridgehead atoms. The Kier molecular flexibility index (Phi) is 2.87. The maximum absolute atomic E-state index is 11.1. The van der Waals surface area contributed by atoms with E-state index in [0.29, 0.717) is 13.0 Å². The van der Waals surface area contributed by atoms with E-state index in [9.17, 15) is 9.59 Å². The summed E-state index contributed by atoms with van der Waals surface area (Å²) >= 11 is 0. The molecule has 0 aliphatic carbocycles. The molecule has 0 radical (unpaired) electrons. The number of carbonyl (C=O) groups is 2. The van der Waals surface area contributed by atoms with Crippen molar-refractivity contribution in [2.24, 2.45) is 5.92 Å². The summed E-state index contributed by atoms with van der Waals surface area (Å²) in [6, 6.07) is -0.397. The van der Waals surface area contributed by atoms with Gasteiger partial charge >= 0.3 is 11.9 Å². The Balaban J connectivity index is 2.61. The number of nitrogens with zero attached hydrogens (tertiary/aromatic N) is 1. The number of carboxylic acids is 1. The monoisotopic (exact) mass is 187 g/mol. The molecule has 74 valence electrons. The smallest absolute Gasteiger partial charge is 0.323 e. The molecule has 0 saturated carbocycles. The normalized spacial score (nSPS) is 28.8. The van der Waals surface area contributed by atoms with Crippen molar-refractivity contribution in [2.45, 2.75) is 12.5 Å². The van der Waals surface area contributed by atoms with E-state index in [2.05, 4.69) is 4.74 Å². The van der Waals surface area contributed by atoms with Crippen molar-refractivity contribution in [2.75, 3.05) is 20.7 Å². The zero-order valence-corrected chi connectivity index (χ0v) is 7.69. The van der Waals surface area contributed by atoms with Crippen molar-refractivity contribution in [1.82, 2.24) is 4.90 Å². The van der Waals surface area contributed by atoms with E-state index in [-0.39, 0.29) is 5.97 Å². The average Bonchev–Trinajstić information content (AvgIpc) is 2.46. The van der Waals surface area contributed by atoms with Crippen LogP contribution in [0.25, 0.3) is 0 Å². The number of likely N-dealkylation sites (N-methyl/N-ethyl adjacent to an activating group) is 1. The third-order valence-electron chi connectivity index (χ3n) is 2.37. The highest BCUT2D eigenvalue weighted by Crippen LogP contribution is 2.22. The first kappa shape index (κ1) is 9.98. The Labute approximate surface area is 76.3 Å². The van der Waals surface area contributed by atoms with Crippen LogP contribution in [0.3, 0.4) is 0 Å². The van der Waals surface area contributed by atoms with Gasteiger partial charge < -0.3 is 9.84 Å². The molecule has 2 unspecified atom stereocenters. The van der Waals surface area contributed by atoms with Gasteiger partial charge in [0.2, 0.25) is 0 Å². The number of esters is 1. The maximum Gasteiger partial charge on any atom is 0.323 e. The predicted octanol–water partition coefficient (Wildman–Crippen LogP) is -0.436. The van der Waals surface area contributed by atoms with Gasteiger partial charge in [-0.15, -0.1) is 0 Å². The van der Waals surface area contributed by atoms with E-state index in [1.807, 2.05) is 0 Å². The third kappa shape index (κ3) is 1.98. The quantitative estimate of drug-likeness (QED) is 0.594. The van der Waals surface area contributed by atoms with E-state index in [1.54, 1.807) is 11.9 Å². The Morgan fingerprint density at radius 2 is 2.15 bits per heavy atom.